The molecule has 0 spiro atoms. The molecular weight excluding hydrogens is 222 g/mol. The lowest BCUT2D eigenvalue weighted by molar-refractivity contribution is 0.309. The van der Waals surface area contributed by atoms with E-state index < -0.39 is 0 Å². The first-order valence-corrected chi connectivity index (χ1v) is 6.88. The summed E-state index contributed by atoms with van der Waals surface area (Å²) in [4.78, 5) is 0. The van der Waals surface area contributed by atoms with E-state index in [1.807, 2.05) is 6.08 Å². The Balaban J connectivity index is 2.58. The van der Waals surface area contributed by atoms with Gasteiger partial charge in [-0.05, 0) is 37.1 Å². The highest BCUT2D eigenvalue weighted by Crippen LogP contribution is 2.20. The third kappa shape index (κ3) is 4.92. The van der Waals surface area contributed by atoms with Crippen molar-refractivity contribution in [2.24, 2.45) is 0 Å². The van der Waals surface area contributed by atoms with E-state index >= 15 is 0 Å². The average molecular weight is 247 g/mol. The van der Waals surface area contributed by atoms with E-state index in [0.717, 1.165) is 31.7 Å². The second-order valence-electron chi connectivity index (χ2n) is 4.41. The molecule has 0 saturated carbocycles. The van der Waals surface area contributed by atoms with Crippen molar-refractivity contribution in [3.63, 3.8) is 0 Å². The van der Waals surface area contributed by atoms with Crippen LogP contribution in [0.4, 0.5) is 0 Å². The lowest BCUT2D eigenvalue weighted by atomic mass is 10.0. The van der Waals surface area contributed by atoms with Gasteiger partial charge in [0.1, 0.15) is 5.75 Å². The molecule has 0 bridgehead atoms. The minimum Gasteiger partial charge on any atom is -0.494 e. The van der Waals surface area contributed by atoms with Crippen molar-refractivity contribution in [1.82, 2.24) is 5.32 Å². The first-order chi connectivity index (χ1) is 8.81. The van der Waals surface area contributed by atoms with Crippen molar-refractivity contribution in [2.75, 3.05) is 13.2 Å². The molecule has 1 unspecified atom stereocenters. The van der Waals surface area contributed by atoms with Gasteiger partial charge in [-0.15, -0.1) is 6.58 Å². The quantitative estimate of drug-likeness (QED) is 0.524. The van der Waals surface area contributed by atoms with Crippen LogP contribution < -0.4 is 10.1 Å². The Morgan fingerprint density at radius 3 is 2.56 bits per heavy atom. The van der Waals surface area contributed by atoms with Crippen LogP contribution in [0.25, 0.3) is 0 Å². The third-order valence-corrected chi connectivity index (χ3v) is 2.90. The van der Waals surface area contributed by atoms with Gasteiger partial charge in [-0.3, -0.25) is 0 Å². The fourth-order valence-electron chi connectivity index (χ4n) is 1.88. The molecular formula is C16H25NO. The highest BCUT2D eigenvalue weighted by Gasteiger charge is 2.07. The van der Waals surface area contributed by atoms with Crippen LogP contribution in [0.3, 0.4) is 0 Å². The summed E-state index contributed by atoms with van der Waals surface area (Å²) in [6, 6.07) is 8.74. The Kier molecular flexibility index (Phi) is 7.19. The highest BCUT2D eigenvalue weighted by atomic mass is 16.5. The Morgan fingerprint density at radius 1 is 1.28 bits per heavy atom. The highest BCUT2D eigenvalue weighted by molar-refractivity contribution is 5.29. The third-order valence-electron chi connectivity index (χ3n) is 2.90. The molecule has 0 aliphatic carbocycles. The molecule has 1 atom stereocenters. The number of unbranched alkanes of at least 4 members (excludes halogenated alkanes) is 1. The fraction of sp³-hybridized carbons (Fsp3) is 0.500. The second-order valence-corrected chi connectivity index (χ2v) is 4.41. The summed E-state index contributed by atoms with van der Waals surface area (Å²) in [6.45, 7) is 9.87. The molecule has 0 saturated heterocycles. The monoisotopic (exact) mass is 247 g/mol. The molecule has 0 aliphatic rings. The van der Waals surface area contributed by atoms with Crippen molar-refractivity contribution in [3.05, 3.63) is 42.5 Å². The van der Waals surface area contributed by atoms with Crippen molar-refractivity contribution >= 4 is 0 Å². The van der Waals surface area contributed by atoms with Crippen molar-refractivity contribution in [3.8, 4) is 5.75 Å². The van der Waals surface area contributed by atoms with Crippen LogP contribution in [0.15, 0.2) is 36.9 Å². The van der Waals surface area contributed by atoms with Gasteiger partial charge in [-0.1, -0.05) is 38.5 Å². The van der Waals surface area contributed by atoms with Crippen LogP contribution in [-0.2, 0) is 0 Å². The average Bonchev–Trinajstić information content (AvgIpc) is 2.40. The van der Waals surface area contributed by atoms with Crippen molar-refractivity contribution in [1.29, 1.82) is 0 Å². The summed E-state index contributed by atoms with van der Waals surface area (Å²) in [5.74, 6) is 0.959. The predicted octanol–water partition coefficient (Wildman–Crippen LogP) is 4.09. The molecule has 18 heavy (non-hydrogen) atoms. The minimum atomic E-state index is 0.359. The zero-order chi connectivity index (χ0) is 13.2. The Hall–Kier alpha value is -1.28. The minimum absolute atomic E-state index is 0.359. The maximum atomic E-state index is 5.66. The molecule has 0 aromatic heterocycles. The topological polar surface area (TPSA) is 21.3 Å². The Morgan fingerprint density at radius 2 is 2.00 bits per heavy atom. The van der Waals surface area contributed by atoms with E-state index in [9.17, 15) is 0 Å². The molecule has 1 N–H and O–H groups in total. The van der Waals surface area contributed by atoms with Crippen LogP contribution >= 0.6 is 0 Å². The van der Waals surface area contributed by atoms with Gasteiger partial charge in [0.05, 0.1) is 6.61 Å². The predicted molar refractivity (Wildman–Crippen MR) is 78.1 cm³/mol. The van der Waals surface area contributed by atoms with Crippen molar-refractivity contribution < 1.29 is 4.74 Å². The summed E-state index contributed by atoms with van der Waals surface area (Å²) in [5.41, 5.74) is 1.29. The van der Waals surface area contributed by atoms with Gasteiger partial charge in [0.25, 0.3) is 0 Å². The van der Waals surface area contributed by atoms with Gasteiger partial charge < -0.3 is 10.1 Å². The van der Waals surface area contributed by atoms with Gasteiger partial charge >= 0.3 is 0 Å². The number of rotatable bonds is 9. The van der Waals surface area contributed by atoms with E-state index in [0.29, 0.717) is 6.04 Å². The van der Waals surface area contributed by atoms with E-state index in [1.165, 1.54) is 12.0 Å². The molecule has 0 fully saturated rings. The van der Waals surface area contributed by atoms with Crippen molar-refractivity contribution in [2.45, 2.75) is 39.2 Å². The molecule has 2 heteroatoms. The van der Waals surface area contributed by atoms with Crippen LogP contribution in [0.5, 0.6) is 5.75 Å². The number of hydrogen-bond acceptors (Lipinski definition) is 2. The molecule has 100 valence electrons. The first-order valence-electron chi connectivity index (χ1n) is 6.88. The summed E-state index contributed by atoms with van der Waals surface area (Å²) < 4.78 is 5.66. The van der Waals surface area contributed by atoms with Gasteiger partial charge in [-0.25, -0.2) is 0 Å². The maximum Gasteiger partial charge on any atom is 0.119 e. The van der Waals surface area contributed by atoms with Crippen LogP contribution in [0, 0.1) is 0 Å². The van der Waals surface area contributed by atoms with Gasteiger partial charge in [0, 0.05) is 6.04 Å². The maximum absolute atomic E-state index is 5.66. The normalized spacial score (nSPS) is 12.1. The molecule has 1 aromatic rings. The fourth-order valence-corrected chi connectivity index (χ4v) is 1.88. The molecule has 1 rings (SSSR count). The van der Waals surface area contributed by atoms with Crippen LogP contribution in [0.1, 0.15) is 44.7 Å². The molecule has 0 amide bonds. The smallest absolute Gasteiger partial charge is 0.119 e. The van der Waals surface area contributed by atoms with E-state index in [4.69, 9.17) is 4.74 Å². The first kappa shape index (κ1) is 14.8. The summed E-state index contributed by atoms with van der Waals surface area (Å²) in [5, 5.41) is 3.46. The second kappa shape index (κ2) is 8.76. The standard InChI is InChI=1S/C16H25NO/c1-4-7-13-18-15-11-9-14(10-12-15)16(8-5-2)17-6-3/h5,9-12,16-17H,2,4,6-8,13H2,1,3H3. The lowest BCUT2D eigenvalue weighted by Gasteiger charge is -2.17. The molecule has 0 aliphatic heterocycles. The van der Waals surface area contributed by atoms with E-state index in [2.05, 4.69) is 50.0 Å². The molecule has 1 aromatic carbocycles. The lowest BCUT2D eigenvalue weighted by Crippen LogP contribution is -2.20. The van der Waals surface area contributed by atoms with Gasteiger partial charge in [0.2, 0.25) is 0 Å². The zero-order valence-corrected chi connectivity index (χ0v) is 11.6. The largest absolute Gasteiger partial charge is 0.494 e. The summed E-state index contributed by atoms with van der Waals surface area (Å²) in [7, 11) is 0. The Labute approximate surface area is 111 Å². The zero-order valence-electron chi connectivity index (χ0n) is 11.6. The van der Waals surface area contributed by atoms with Gasteiger partial charge in [0.15, 0.2) is 0 Å². The SMILES string of the molecule is C=CCC(NCC)c1ccc(OCCCC)cc1. The van der Waals surface area contributed by atoms with E-state index in [1.54, 1.807) is 0 Å². The summed E-state index contributed by atoms with van der Waals surface area (Å²) in [6.07, 6.45) is 5.18. The molecule has 2 nitrogen and oxygen atoms in total. The molecule has 0 heterocycles. The van der Waals surface area contributed by atoms with Crippen LogP contribution in [0.2, 0.25) is 0 Å². The number of ether oxygens (including phenoxy) is 1. The number of nitrogens with one attached hydrogen (secondary N) is 1. The summed E-state index contributed by atoms with van der Waals surface area (Å²) >= 11 is 0. The molecule has 0 radical (unpaired) electrons. The number of benzene rings is 1. The van der Waals surface area contributed by atoms with E-state index in [-0.39, 0.29) is 0 Å². The van der Waals surface area contributed by atoms with Crippen LogP contribution in [-0.4, -0.2) is 13.2 Å². The van der Waals surface area contributed by atoms with Gasteiger partial charge in [-0.2, -0.15) is 0 Å². The Bertz CT molecular complexity index is 331. The number of hydrogen-bond donors (Lipinski definition) is 1.